The number of phenolic OH excluding ortho intramolecular Hbond substituents is 2. The van der Waals surface area contributed by atoms with Crippen LogP contribution in [-0.4, -0.2) is 28.4 Å². The molecule has 0 unspecified atom stereocenters. The van der Waals surface area contributed by atoms with Gasteiger partial charge in [-0.15, -0.1) is 0 Å². The average Bonchev–Trinajstić information content (AvgIpc) is 2.79. The smallest absolute Gasteiger partial charge is 0.328 e. The first-order valence-corrected chi connectivity index (χ1v) is 10.3. The van der Waals surface area contributed by atoms with Crippen LogP contribution in [0.3, 0.4) is 0 Å². The van der Waals surface area contributed by atoms with Gasteiger partial charge in [0.25, 0.3) is 0 Å². The zero-order valence-corrected chi connectivity index (χ0v) is 18.1. The number of phenols is 2. The molecule has 0 spiro atoms. The zero-order valence-electron chi connectivity index (χ0n) is 18.1. The summed E-state index contributed by atoms with van der Waals surface area (Å²) in [5.41, 5.74) is 5.56. The molecule has 5 nitrogen and oxygen atoms in total. The number of methoxy groups -OCH3 is 1. The monoisotopic (exact) mass is 430 g/mol. The second kappa shape index (κ2) is 10.4. The molecule has 0 radical (unpaired) electrons. The first-order valence-electron chi connectivity index (χ1n) is 10.3. The largest absolute Gasteiger partial charge is 0.508 e. The third kappa shape index (κ3) is 5.38. The molecule has 0 aliphatic rings. The molecule has 0 aromatic heterocycles. The number of hydrogen-bond acceptors (Lipinski definition) is 4. The molecule has 3 aromatic carbocycles. The molecule has 0 saturated carbocycles. The molecule has 0 aliphatic heterocycles. The molecule has 164 valence electrons. The van der Waals surface area contributed by atoms with E-state index in [9.17, 15) is 15.0 Å². The van der Waals surface area contributed by atoms with Crippen molar-refractivity contribution in [1.29, 1.82) is 0 Å². The number of hydrogen-bond donors (Lipinski definition) is 3. The van der Waals surface area contributed by atoms with Crippen molar-refractivity contribution in [2.45, 2.75) is 19.8 Å². The number of aromatic hydroxyl groups is 2. The Morgan fingerprint density at radius 3 is 1.88 bits per heavy atom. The van der Waals surface area contributed by atoms with Crippen molar-refractivity contribution in [3.05, 3.63) is 95.1 Å². The normalized spacial score (nSPS) is 10.8. The lowest BCUT2D eigenvalue weighted by Crippen LogP contribution is -1.97. The van der Waals surface area contributed by atoms with Gasteiger partial charge < -0.3 is 20.1 Å². The van der Waals surface area contributed by atoms with E-state index in [0.29, 0.717) is 11.3 Å². The van der Waals surface area contributed by atoms with Crippen LogP contribution in [-0.2, 0) is 4.79 Å². The summed E-state index contributed by atoms with van der Waals surface area (Å²) in [5, 5.41) is 28.5. The summed E-state index contributed by atoms with van der Waals surface area (Å²) in [7, 11) is 1.56. The summed E-state index contributed by atoms with van der Waals surface area (Å²) >= 11 is 0. The van der Waals surface area contributed by atoms with Gasteiger partial charge in [0.1, 0.15) is 17.2 Å². The van der Waals surface area contributed by atoms with Crippen LogP contribution in [0.1, 0.15) is 42.0 Å². The van der Waals surface area contributed by atoms with Gasteiger partial charge in [0, 0.05) is 11.6 Å². The number of allylic oxidation sites excluding steroid dienone is 1. The van der Waals surface area contributed by atoms with E-state index in [1.165, 1.54) is 6.08 Å². The second-order valence-corrected chi connectivity index (χ2v) is 7.33. The van der Waals surface area contributed by atoms with E-state index in [1.807, 2.05) is 42.5 Å². The Morgan fingerprint density at radius 1 is 0.875 bits per heavy atom. The summed E-state index contributed by atoms with van der Waals surface area (Å²) in [5.74, 6) is -0.0758. The highest BCUT2D eigenvalue weighted by molar-refractivity contribution is 5.99. The van der Waals surface area contributed by atoms with Crippen LogP contribution in [0.15, 0.2) is 72.8 Å². The number of carboxylic acids is 1. The second-order valence-electron chi connectivity index (χ2n) is 7.33. The van der Waals surface area contributed by atoms with Gasteiger partial charge in [-0.25, -0.2) is 4.79 Å². The predicted molar refractivity (Wildman–Crippen MR) is 127 cm³/mol. The lowest BCUT2D eigenvalue weighted by atomic mass is 9.87. The molecule has 0 fully saturated rings. The van der Waals surface area contributed by atoms with Crippen molar-refractivity contribution in [2.75, 3.05) is 7.11 Å². The minimum atomic E-state index is -1.02. The maximum Gasteiger partial charge on any atom is 0.328 e. The Labute approximate surface area is 187 Å². The molecule has 32 heavy (non-hydrogen) atoms. The fraction of sp³-hybridized carbons (Fsp3) is 0.148. The van der Waals surface area contributed by atoms with Crippen LogP contribution in [0.2, 0.25) is 0 Å². The molecule has 0 aliphatic carbocycles. The first-order chi connectivity index (χ1) is 15.4. The molecule has 0 atom stereocenters. The maximum absolute atomic E-state index is 10.9. The molecular weight excluding hydrogens is 404 g/mol. The van der Waals surface area contributed by atoms with Gasteiger partial charge in [-0.3, -0.25) is 0 Å². The molecular formula is C27H26O5. The van der Waals surface area contributed by atoms with E-state index in [4.69, 9.17) is 9.84 Å². The van der Waals surface area contributed by atoms with Crippen molar-refractivity contribution >= 4 is 23.2 Å². The van der Waals surface area contributed by atoms with E-state index in [1.54, 1.807) is 31.4 Å². The quantitative estimate of drug-likeness (QED) is 0.303. The number of benzene rings is 3. The highest BCUT2D eigenvalue weighted by Crippen LogP contribution is 2.38. The zero-order chi connectivity index (χ0) is 23.1. The van der Waals surface area contributed by atoms with Crippen molar-refractivity contribution in [3.63, 3.8) is 0 Å². The van der Waals surface area contributed by atoms with E-state index < -0.39 is 5.97 Å². The van der Waals surface area contributed by atoms with Crippen LogP contribution >= 0.6 is 0 Å². The third-order valence-corrected chi connectivity index (χ3v) is 5.10. The van der Waals surface area contributed by atoms with Gasteiger partial charge in [-0.2, -0.15) is 0 Å². The van der Waals surface area contributed by atoms with E-state index in [0.717, 1.165) is 46.8 Å². The van der Waals surface area contributed by atoms with Crippen molar-refractivity contribution in [2.24, 2.45) is 0 Å². The summed E-state index contributed by atoms with van der Waals surface area (Å²) in [6.07, 6.45) is 4.27. The van der Waals surface area contributed by atoms with Gasteiger partial charge in [0.15, 0.2) is 0 Å². The van der Waals surface area contributed by atoms with Gasteiger partial charge in [-0.1, -0.05) is 49.7 Å². The molecule has 0 bridgehead atoms. The summed E-state index contributed by atoms with van der Waals surface area (Å²) in [6.45, 7) is 2.10. The fourth-order valence-electron chi connectivity index (χ4n) is 3.63. The number of aliphatic carboxylic acids is 1. The minimum Gasteiger partial charge on any atom is -0.508 e. The van der Waals surface area contributed by atoms with E-state index in [2.05, 4.69) is 6.92 Å². The van der Waals surface area contributed by atoms with Gasteiger partial charge in [0.05, 0.1) is 7.11 Å². The van der Waals surface area contributed by atoms with E-state index in [-0.39, 0.29) is 11.5 Å². The Kier molecular flexibility index (Phi) is 7.34. The number of carbonyl (C=O) groups is 1. The topological polar surface area (TPSA) is 87.0 Å². The molecule has 5 heteroatoms. The Balaban J connectivity index is 2.25. The average molecular weight is 431 g/mol. The van der Waals surface area contributed by atoms with Gasteiger partial charge in [-0.05, 0) is 70.7 Å². The standard InChI is InChI=1S/C27H26O5/c1-3-4-24(21-6-5-18(11-16-26(30)31)25(17-21)32-2)27(19-7-12-22(28)13-8-19)20-9-14-23(29)15-10-20/h5-17,28-29H,3-4H2,1-2H3,(H,30,31)/b16-11+. The summed E-state index contributed by atoms with van der Waals surface area (Å²) in [4.78, 5) is 10.9. The van der Waals surface area contributed by atoms with Crippen LogP contribution in [0, 0.1) is 0 Å². The highest BCUT2D eigenvalue weighted by atomic mass is 16.5. The van der Waals surface area contributed by atoms with E-state index >= 15 is 0 Å². The van der Waals surface area contributed by atoms with Crippen molar-refractivity contribution < 1.29 is 24.9 Å². The third-order valence-electron chi connectivity index (χ3n) is 5.10. The highest BCUT2D eigenvalue weighted by Gasteiger charge is 2.15. The SMILES string of the molecule is CCCC(=C(c1ccc(O)cc1)c1ccc(O)cc1)c1ccc(/C=C/C(=O)O)c(OC)c1. The lowest BCUT2D eigenvalue weighted by Gasteiger charge is -2.18. The van der Waals surface area contributed by atoms with Crippen LogP contribution in [0.25, 0.3) is 17.2 Å². The predicted octanol–water partition coefficient (Wildman–Crippen LogP) is 5.96. The molecule has 0 amide bonds. The van der Waals surface area contributed by atoms with Crippen molar-refractivity contribution in [1.82, 2.24) is 0 Å². The number of rotatable bonds is 8. The Morgan fingerprint density at radius 2 is 1.41 bits per heavy atom. The fourth-order valence-corrected chi connectivity index (χ4v) is 3.63. The van der Waals surface area contributed by atoms with Crippen LogP contribution in [0.5, 0.6) is 17.2 Å². The minimum absolute atomic E-state index is 0.187. The molecule has 0 heterocycles. The lowest BCUT2D eigenvalue weighted by molar-refractivity contribution is -0.131. The van der Waals surface area contributed by atoms with Crippen molar-refractivity contribution in [3.8, 4) is 17.2 Å². The Hall–Kier alpha value is -3.99. The molecule has 3 aromatic rings. The van der Waals surface area contributed by atoms with Gasteiger partial charge in [0.2, 0.25) is 0 Å². The summed E-state index contributed by atoms with van der Waals surface area (Å²) < 4.78 is 5.54. The maximum atomic E-state index is 10.9. The Bertz CT molecular complexity index is 1090. The van der Waals surface area contributed by atoms with Crippen LogP contribution in [0.4, 0.5) is 0 Å². The molecule has 3 N–H and O–H groups in total. The molecule has 0 saturated heterocycles. The number of ether oxygens (including phenoxy) is 1. The summed E-state index contributed by atoms with van der Waals surface area (Å²) in [6, 6.07) is 19.8. The van der Waals surface area contributed by atoms with Crippen LogP contribution < -0.4 is 4.74 Å². The first kappa shape index (κ1) is 22.7. The number of carboxylic acid groups (broad SMARTS) is 1. The molecule has 3 rings (SSSR count). The van der Waals surface area contributed by atoms with Gasteiger partial charge >= 0.3 is 5.97 Å².